The summed E-state index contributed by atoms with van der Waals surface area (Å²) in [5.74, 6) is -1.31. The van der Waals surface area contributed by atoms with E-state index in [1.807, 2.05) is 19.1 Å². The lowest BCUT2D eigenvalue weighted by molar-refractivity contribution is -0.133. The van der Waals surface area contributed by atoms with Crippen LogP contribution >= 0.6 is 58.1 Å². The number of carbonyl (C=O) groups excluding carboxylic acids is 1. The Balaban J connectivity index is 1.70. The van der Waals surface area contributed by atoms with Gasteiger partial charge in [-0.3, -0.25) is 9.59 Å². The van der Waals surface area contributed by atoms with Crippen molar-refractivity contribution in [1.82, 2.24) is 26.1 Å². The number of carboxylic acids is 1. The van der Waals surface area contributed by atoms with Crippen LogP contribution in [0, 0.1) is 0 Å². The van der Waals surface area contributed by atoms with Gasteiger partial charge in [0.25, 0.3) is 0 Å². The van der Waals surface area contributed by atoms with Crippen molar-refractivity contribution in [3.05, 3.63) is 82.9 Å². The summed E-state index contributed by atoms with van der Waals surface area (Å²) in [4.78, 5) is 27.6. The first-order valence-electron chi connectivity index (χ1n) is 11.7. The molecule has 15 heteroatoms. The molecule has 0 saturated heterocycles. The van der Waals surface area contributed by atoms with Gasteiger partial charge in [-0.15, -0.1) is 21.8 Å². The number of hydrogen-bond acceptors (Lipinski definition) is 10. The Morgan fingerprint density at radius 2 is 2.02 bits per heavy atom. The Kier molecular flexibility index (Phi) is 13.0. The van der Waals surface area contributed by atoms with Gasteiger partial charge in [-0.1, -0.05) is 64.7 Å². The molecule has 9 nitrogen and oxygen atoms in total. The topological polar surface area (TPSA) is 129 Å². The number of aromatic nitrogens is 2. The van der Waals surface area contributed by atoms with E-state index in [1.54, 1.807) is 24.4 Å². The Hall–Kier alpha value is -2.84. The maximum atomic E-state index is 15.0. The van der Waals surface area contributed by atoms with E-state index < -0.39 is 11.3 Å². The van der Waals surface area contributed by atoms with Crippen molar-refractivity contribution in [2.24, 2.45) is 4.99 Å². The average molecular weight is 644 g/mol. The second kappa shape index (κ2) is 16.4. The fourth-order valence-corrected chi connectivity index (χ4v) is 5.99. The number of rotatable bonds is 10. The minimum absolute atomic E-state index is 0.0709. The minimum Gasteiger partial charge on any atom is -0.481 e. The summed E-state index contributed by atoms with van der Waals surface area (Å²) in [6, 6.07) is 0. The lowest BCUT2D eigenvalue weighted by atomic mass is 10.1. The van der Waals surface area contributed by atoms with E-state index >= 15 is 4.39 Å². The summed E-state index contributed by atoms with van der Waals surface area (Å²) < 4.78 is 16.1. The number of alkyl halides is 1. The number of aliphatic imine (C=N–C) groups is 1. The first-order valence-corrected chi connectivity index (χ1v) is 15.3. The summed E-state index contributed by atoms with van der Waals surface area (Å²) in [7, 11) is 0. The van der Waals surface area contributed by atoms with Gasteiger partial charge in [0, 0.05) is 41.3 Å². The first-order chi connectivity index (χ1) is 19.3. The van der Waals surface area contributed by atoms with Crippen molar-refractivity contribution in [3.8, 4) is 0 Å². The molecule has 1 amide bonds. The predicted molar refractivity (Wildman–Crippen MR) is 161 cm³/mol. The van der Waals surface area contributed by atoms with Crippen LogP contribution in [0.15, 0.2) is 96.6 Å². The zero-order valence-electron chi connectivity index (χ0n) is 21.1. The molecule has 1 aliphatic carbocycles. The van der Waals surface area contributed by atoms with E-state index in [2.05, 4.69) is 31.1 Å². The van der Waals surface area contributed by atoms with Crippen molar-refractivity contribution >= 4 is 75.8 Å². The number of carbonyl (C=O) groups is 2. The number of carboxylic acid groups (broad SMARTS) is 1. The lowest BCUT2D eigenvalue weighted by Gasteiger charge is -2.14. The molecule has 0 saturated carbocycles. The molecule has 0 radical (unpaired) electrons. The highest BCUT2D eigenvalue weighted by atomic mass is 35.5. The van der Waals surface area contributed by atoms with E-state index in [9.17, 15) is 9.59 Å². The molecule has 2 aliphatic rings. The minimum atomic E-state index is -0.944. The van der Waals surface area contributed by atoms with Crippen LogP contribution in [-0.4, -0.2) is 49.9 Å². The molecule has 1 unspecified atom stereocenters. The maximum absolute atomic E-state index is 15.0. The highest BCUT2D eigenvalue weighted by Gasteiger charge is 2.16. The van der Waals surface area contributed by atoms with Gasteiger partial charge in [0.1, 0.15) is 11.7 Å². The van der Waals surface area contributed by atoms with Crippen LogP contribution in [0.4, 0.5) is 4.39 Å². The van der Waals surface area contributed by atoms with E-state index in [1.165, 1.54) is 41.6 Å². The smallest absolute Gasteiger partial charge is 0.313 e. The zero-order chi connectivity index (χ0) is 28.9. The number of thioether (sulfide) groups is 2. The fraction of sp³-hybridized carbons (Fsp3) is 0.240. The van der Waals surface area contributed by atoms with Crippen LogP contribution in [0.25, 0.3) is 0 Å². The number of halogens is 3. The quantitative estimate of drug-likeness (QED) is 0.191. The van der Waals surface area contributed by atoms with Gasteiger partial charge < -0.3 is 21.1 Å². The van der Waals surface area contributed by atoms with Gasteiger partial charge in [0.2, 0.25) is 5.91 Å². The molecular weight excluding hydrogens is 618 g/mol. The van der Waals surface area contributed by atoms with Crippen LogP contribution < -0.4 is 16.0 Å². The number of aliphatic carboxylic acids is 1. The van der Waals surface area contributed by atoms with Crippen molar-refractivity contribution in [3.63, 3.8) is 0 Å². The number of nitrogens with one attached hydrogen (secondary N) is 3. The van der Waals surface area contributed by atoms with Crippen LogP contribution in [0.3, 0.4) is 0 Å². The molecule has 3 rings (SSSR count). The molecule has 0 spiro atoms. The average Bonchev–Trinajstić information content (AvgIpc) is 3.32. The lowest BCUT2D eigenvalue weighted by Crippen LogP contribution is -2.26. The van der Waals surface area contributed by atoms with Crippen molar-refractivity contribution in [1.29, 1.82) is 0 Å². The van der Waals surface area contributed by atoms with E-state index in [0.29, 0.717) is 37.2 Å². The fourth-order valence-electron chi connectivity index (χ4n) is 3.09. The summed E-state index contributed by atoms with van der Waals surface area (Å²) in [6.07, 6.45) is 15.3. The number of allylic oxidation sites excluding steroid dienone is 7. The standard InChI is InChI=1S/C25H25Cl2FN6O3S3/c1-2-4-19-15(9-10-30-21(35)13-38-24-33-34-25(40-24)39-14-22(36)37)23(31-12-11-29-19)32-20-8-7-17(27)16(26)5-3-6-18(20)28/h2,4-5,7-12,17,29H,3,6,13-14H2,1H3,(H,30,35)(H,31,32)(H,36,37)/b4-2-,8-7?,10-9+,16-5+,20-18?. The van der Waals surface area contributed by atoms with Gasteiger partial charge in [0.05, 0.1) is 22.6 Å². The highest BCUT2D eigenvalue weighted by Crippen LogP contribution is 2.28. The van der Waals surface area contributed by atoms with E-state index in [4.69, 9.17) is 28.3 Å². The number of amidine groups is 1. The van der Waals surface area contributed by atoms with Gasteiger partial charge in [-0.2, -0.15) is 0 Å². The van der Waals surface area contributed by atoms with Crippen LogP contribution in [0.5, 0.6) is 0 Å². The third-order valence-electron chi connectivity index (χ3n) is 4.87. The van der Waals surface area contributed by atoms with Gasteiger partial charge >= 0.3 is 5.97 Å². The molecule has 0 fully saturated rings. The zero-order valence-corrected chi connectivity index (χ0v) is 25.0. The number of hydrogen-bond donors (Lipinski definition) is 4. The Bertz CT molecular complexity index is 1350. The molecule has 0 aromatic carbocycles. The van der Waals surface area contributed by atoms with Crippen LogP contribution in [0.2, 0.25) is 0 Å². The normalized spacial score (nSPS) is 19.4. The van der Waals surface area contributed by atoms with Crippen LogP contribution in [-0.2, 0) is 9.59 Å². The van der Waals surface area contributed by atoms with Gasteiger partial charge in [-0.25, -0.2) is 9.38 Å². The Labute approximate surface area is 253 Å². The predicted octanol–water partition coefficient (Wildman–Crippen LogP) is 5.59. The van der Waals surface area contributed by atoms with E-state index in [-0.39, 0.29) is 35.4 Å². The SMILES string of the molecule is C/C=C\C1=C(/C=C/NC(=O)CSc2nnc(SCC(=O)O)s2)C(NC2=C(F)CC/C=C(/Cl)C(Cl)C=C2)=NC=CN1. The Morgan fingerprint density at radius 1 is 1.27 bits per heavy atom. The maximum Gasteiger partial charge on any atom is 0.313 e. The second-order valence-electron chi connectivity index (χ2n) is 7.80. The molecule has 1 atom stereocenters. The summed E-state index contributed by atoms with van der Waals surface area (Å²) in [5, 5.41) is 25.4. The molecule has 1 aromatic heterocycles. The van der Waals surface area contributed by atoms with Crippen LogP contribution in [0.1, 0.15) is 19.8 Å². The molecule has 1 aromatic rings. The molecule has 2 heterocycles. The first kappa shape index (κ1) is 31.7. The molecule has 1 aliphatic heterocycles. The van der Waals surface area contributed by atoms with Gasteiger partial charge in [0.15, 0.2) is 8.68 Å². The third kappa shape index (κ3) is 10.3. The number of amides is 1. The Morgan fingerprint density at radius 3 is 2.75 bits per heavy atom. The molecular formula is C25H25Cl2FN6O3S3. The molecule has 40 heavy (non-hydrogen) atoms. The van der Waals surface area contributed by atoms with E-state index in [0.717, 1.165) is 11.8 Å². The van der Waals surface area contributed by atoms with Crippen molar-refractivity contribution < 1.29 is 19.1 Å². The second-order valence-corrected chi connectivity index (χ2v) is 12.1. The molecule has 212 valence electrons. The molecule has 4 N–H and O–H groups in total. The molecule has 0 bridgehead atoms. The highest BCUT2D eigenvalue weighted by molar-refractivity contribution is 8.03. The van der Waals surface area contributed by atoms with Crippen molar-refractivity contribution in [2.75, 3.05) is 11.5 Å². The largest absolute Gasteiger partial charge is 0.481 e. The summed E-state index contributed by atoms with van der Waals surface area (Å²) in [5.41, 5.74) is 1.42. The monoisotopic (exact) mass is 642 g/mol. The summed E-state index contributed by atoms with van der Waals surface area (Å²) in [6.45, 7) is 1.85. The number of nitrogens with zero attached hydrogens (tertiary/aromatic N) is 3. The van der Waals surface area contributed by atoms with Crippen molar-refractivity contribution in [2.45, 2.75) is 33.8 Å². The summed E-state index contributed by atoms with van der Waals surface area (Å²) >= 11 is 15.9. The third-order valence-corrected chi connectivity index (χ3v) is 8.92. The van der Waals surface area contributed by atoms with Gasteiger partial charge in [-0.05, 0) is 31.6 Å².